The molecular formula is C13H17N3. The average molecular weight is 215 g/mol. The van der Waals surface area contributed by atoms with Crippen LogP contribution in [0.15, 0.2) is 24.3 Å². The molecule has 0 aliphatic carbocycles. The number of hydrogen-bond acceptors (Lipinski definition) is 2. The summed E-state index contributed by atoms with van der Waals surface area (Å²) in [5.74, 6) is 0. The monoisotopic (exact) mass is 215 g/mol. The lowest BCUT2D eigenvalue weighted by Gasteiger charge is -2.01. The summed E-state index contributed by atoms with van der Waals surface area (Å²) in [6, 6.07) is 8.42. The standard InChI is InChI=1S/C13H17N3/c1-9-5-4-6-11(7-9)13-10(2)12(8-14-3)15-16-13/h4-7,14H,8H2,1-3H3,(H,15,16). The lowest BCUT2D eigenvalue weighted by atomic mass is 10.0. The van der Waals surface area contributed by atoms with E-state index in [2.05, 4.69) is 53.6 Å². The fraction of sp³-hybridized carbons (Fsp3) is 0.308. The SMILES string of the molecule is CNCc1[nH]nc(-c2cccc(C)c2)c1C. The van der Waals surface area contributed by atoms with E-state index in [0.29, 0.717) is 0 Å². The number of benzene rings is 1. The van der Waals surface area contributed by atoms with Crippen LogP contribution in [0.2, 0.25) is 0 Å². The first-order valence-electron chi connectivity index (χ1n) is 5.48. The molecule has 3 heteroatoms. The molecule has 0 unspecified atom stereocenters. The van der Waals surface area contributed by atoms with Crippen LogP contribution in [-0.2, 0) is 6.54 Å². The molecule has 2 rings (SSSR count). The molecule has 1 aromatic heterocycles. The van der Waals surface area contributed by atoms with Crippen LogP contribution >= 0.6 is 0 Å². The molecule has 0 spiro atoms. The fourth-order valence-electron chi connectivity index (χ4n) is 1.86. The van der Waals surface area contributed by atoms with Crippen molar-refractivity contribution in [1.29, 1.82) is 0 Å². The van der Waals surface area contributed by atoms with Gasteiger partial charge in [0.2, 0.25) is 0 Å². The predicted octanol–water partition coefficient (Wildman–Crippen LogP) is 2.41. The molecule has 0 radical (unpaired) electrons. The van der Waals surface area contributed by atoms with Gasteiger partial charge in [-0.3, -0.25) is 5.10 Å². The number of rotatable bonds is 3. The van der Waals surface area contributed by atoms with E-state index in [1.165, 1.54) is 16.7 Å². The van der Waals surface area contributed by atoms with Crippen molar-refractivity contribution in [3.8, 4) is 11.3 Å². The van der Waals surface area contributed by atoms with E-state index in [1.54, 1.807) is 0 Å². The second-order valence-electron chi connectivity index (χ2n) is 4.08. The first-order chi connectivity index (χ1) is 7.72. The van der Waals surface area contributed by atoms with Crippen LogP contribution in [0.1, 0.15) is 16.8 Å². The zero-order valence-electron chi connectivity index (χ0n) is 9.96. The fourth-order valence-corrected chi connectivity index (χ4v) is 1.86. The minimum Gasteiger partial charge on any atom is -0.314 e. The summed E-state index contributed by atoms with van der Waals surface area (Å²) in [5.41, 5.74) is 5.86. The molecular weight excluding hydrogens is 198 g/mol. The number of hydrogen-bond donors (Lipinski definition) is 2. The van der Waals surface area contributed by atoms with Gasteiger partial charge in [-0.2, -0.15) is 5.10 Å². The van der Waals surface area contributed by atoms with Crippen LogP contribution in [0.5, 0.6) is 0 Å². The number of nitrogens with zero attached hydrogens (tertiary/aromatic N) is 1. The minimum atomic E-state index is 0.824. The Morgan fingerprint density at radius 2 is 2.12 bits per heavy atom. The van der Waals surface area contributed by atoms with Crippen molar-refractivity contribution in [2.75, 3.05) is 7.05 Å². The third kappa shape index (κ3) is 1.99. The molecule has 0 saturated carbocycles. The molecule has 0 saturated heterocycles. The zero-order chi connectivity index (χ0) is 11.5. The molecule has 0 fully saturated rings. The molecule has 0 aliphatic heterocycles. The number of H-pyrrole nitrogens is 1. The van der Waals surface area contributed by atoms with E-state index in [0.717, 1.165) is 17.9 Å². The average Bonchev–Trinajstić information content (AvgIpc) is 2.61. The van der Waals surface area contributed by atoms with Gasteiger partial charge < -0.3 is 5.32 Å². The van der Waals surface area contributed by atoms with Crippen LogP contribution in [0.25, 0.3) is 11.3 Å². The highest BCUT2D eigenvalue weighted by atomic mass is 15.1. The number of aromatic amines is 1. The Bertz CT molecular complexity index is 486. The third-order valence-electron chi connectivity index (χ3n) is 2.76. The van der Waals surface area contributed by atoms with Crippen molar-refractivity contribution >= 4 is 0 Å². The minimum absolute atomic E-state index is 0.824. The smallest absolute Gasteiger partial charge is 0.0953 e. The highest BCUT2D eigenvalue weighted by molar-refractivity contribution is 5.64. The van der Waals surface area contributed by atoms with Gasteiger partial charge in [0, 0.05) is 12.1 Å². The summed E-state index contributed by atoms with van der Waals surface area (Å²) in [7, 11) is 1.94. The number of nitrogens with one attached hydrogen (secondary N) is 2. The lowest BCUT2D eigenvalue weighted by molar-refractivity contribution is 0.779. The highest BCUT2D eigenvalue weighted by Crippen LogP contribution is 2.23. The maximum absolute atomic E-state index is 4.38. The Morgan fingerprint density at radius 1 is 1.31 bits per heavy atom. The van der Waals surface area contributed by atoms with Crippen LogP contribution in [0.4, 0.5) is 0 Å². The first-order valence-corrected chi connectivity index (χ1v) is 5.48. The first kappa shape index (κ1) is 10.9. The van der Waals surface area contributed by atoms with E-state index in [1.807, 2.05) is 7.05 Å². The second kappa shape index (κ2) is 4.49. The molecule has 0 atom stereocenters. The van der Waals surface area contributed by atoms with Gasteiger partial charge >= 0.3 is 0 Å². The van der Waals surface area contributed by atoms with Gasteiger partial charge in [-0.05, 0) is 32.5 Å². The van der Waals surface area contributed by atoms with Gasteiger partial charge in [0.15, 0.2) is 0 Å². The van der Waals surface area contributed by atoms with E-state index >= 15 is 0 Å². The molecule has 16 heavy (non-hydrogen) atoms. The number of aryl methyl sites for hydroxylation is 1. The molecule has 2 N–H and O–H groups in total. The number of aromatic nitrogens is 2. The summed E-state index contributed by atoms with van der Waals surface area (Å²) >= 11 is 0. The highest BCUT2D eigenvalue weighted by Gasteiger charge is 2.09. The Labute approximate surface area is 95.9 Å². The Kier molecular flexibility index (Phi) is 3.06. The maximum Gasteiger partial charge on any atom is 0.0953 e. The van der Waals surface area contributed by atoms with Crippen molar-refractivity contribution in [1.82, 2.24) is 15.5 Å². The normalized spacial score (nSPS) is 10.7. The largest absolute Gasteiger partial charge is 0.314 e. The summed E-state index contributed by atoms with van der Waals surface area (Å²) in [6.07, 6.45) is 0. The van der Waals surface area contributed by atoms with E-state index in [4.69, 9.17) is 0 Å². The van der Waals surface area contributed by atoms with Crippen LogP contribution in [0, 0.1) is 13.8 Å². The topological polar surface area (TPSA) is 40.7 Å². The Hall–Kier alpha value is -1.61. The van der Waals surface area contributed by atoms with Gasteiger partial charge in [0.25, 0.3) is 0 Å². The van der Waals surface area contributed by atoms with Gasteiger partial charge in [0.1, 0.15) is 0 Å². The van der Waals surface area contributed by atoms with Gasteiger partial charge in [0.05, 0.1) is 11.4 Å². The molecule has 1 heterocycles. The third-order valence-corrected chi connectivity index (χ3v) is 2.76. The van der Waals surface area contributed by atoms with Gasteiger partial charge in [-0.25, -0.2) is 0 Å². The maximum atomic E-state index is 4.38. The van der Waals surface area contributed by atoms with Crippen molar-refractivity contribution in [2.24, 2.45) is 0 Å². The van der Waals surface area contributed by atoms with Crippen molar-refractivity contribution in [2.45, 2.75) is 20.4 Å². The quantitative estimate of drug-likeness (QED) is 0.825. The summed E-state index contributed by atoms with van der Waals surface area (Å²) in [5, 5.41) is 10.6. The van der Waals surface area contributed by atoms with Crippen LogP contribution in [-0.4, -0.2) is 17.2 Å². The van der Waals surface area contributed by atoms with Crippen molar-refractivity contribution < 1.29 is 0 Å². The van der Waals surface area contributed by atoms with Crippen molar-refractivity contribution in [3.63, 3.8) is 0 Å². The molecule has 2 aromatic rings. The summed E-state index contributed by atoms with van der Waals surface area (Å²) in [6.45, 7) is 5.03. The predicted molar refractivity (Wildman–Crippen MR) is 66.3 cm³/mol. The Balaban J connectivity index is 2.41. The zero-order valence-corrected chi connectivity index (χ0v) is 9.96. The van der Waals surface area contributed by atoms with E-state index < -0.39 is 0 Å². The molecule has 3 nitrogen and oxygen atoms in total. The van der Waals surface area contributed by atoms with E-state index in [9.17, 15) is 0 Å². The van der Waals surface area contributed by atoms with Gasteiger partial charge in [-0.15, -0.1) is 0 Å². The summed E-state index contributed by atoms with van der Waals surface area (Å²) in [4.78, 5) is 0. The second-order valence-corrected chi connectivity index (χ2v) is 4.08. The molecule has 84 valence electrons. The molecule has 1 aromatic carbocycles. The Morgan fingerprint density at radius 3 is 2.81 bits per heavy atom. The van der Waals surface area contributed by atoms with Gasteiger partial charge in [-0.1, -0.05) is 23.8 Å². The molecule has 0 aliphatic rings. The lowest BCUT2D eigenvalue weighted by Crippen LogP contribution is -2.06. The van der Waals surface area contributed by atoms with Crippen molar-refractivity contribution in [3.05, 3.63) is 41.1 Å². The molecule has 0 amide bonds. The van der Waals surface area contributed by atoms with E-state index in [-0.39, 0.29) is 0 Å². The van der Waals surface area contributed by atoms with Crippen LogP contribution < -0.4 is 5.32 Å². The summed E-state index contributed by atoms with van der Waals surface area (Å²) < 4.78 is 0. The molecule has 0 bridgehead atoms. The van der Waals surface area contributed by atoms with Crippen LogP contribution in [0.3, 0.4) is 0 Å².